The molecule has 1 aliphatic rings. The van der Waals surface area contributed by atoms with Crippen LogP contribution in [0.5, 0.6) is 5.88 Å². The molecule has 1 fully saturated rings. The fourth-order valence-corrected chi connectivity index (χ4v) is 2.96. The van der Waals surface area contributed by atoms with Crippen LogP contribution in [0, 0.1) is 0 Å². The van der Waals surface area contributed by atoms with Gasteiger partial charge in [0.05, 0.1) is 19.8 Å². The minimum atomic E-state index is -0.956. The van der Waals surface area contributed by atoms with Gasteiger partial charge < -0.3 is 19.1 Å². The number of aromatic hydroxyl groups is 1. The molecule has 8 heteroatoms. The second-order valence-corrected chi connectivity index (χ2v) is 5.92. The molecule has 1 amide bonds. The highest BCUT2D eigenvalue weighted by atomic mass is 35.5. The van der Waals surface area contributed by atoms with Crippen LogP contribution in [-0.2, 0) is 20.8 Å². The van der Waals surface area contributed by atoms with E-state index in [0.29, 0.717) is 30.0 Å². The summed E-state index contributed by atoms with van der Waals surface area (Å²) in [4.78, 5) is 11.4. The fourth-order valence-electron chi connectivity index (χ4n) is 2.79. The van der Waals surface area contributed by atoms with E-state index in [1.165, 1.54) is 0 Å². The Labute approximate surface area is 137 Å². The Balaban J connectivity index is 1.85. The van der Waals surface area contributed by atoms with Gasteiger partial charge in [-0.2, -0.15) is 0 Å². The lowest BCUT2D eigenvalue weighted by Gasteiger charge is -2.27. The van der Waals surface area contributed by atoms with Gasteiger partial charge in [0.15, 0.2) is 11.7 Å². The number of halogens is 1. The number of nitrogens with one attached hydrogen (secondary N) is 1. The van der Waals surface area contributed by atoms with Crippen molar-refractivity contribution in [2.45, 2.75) is 25.2 Å². The molecule has 3 rings (SSSR count). The van der Waals surface area contributed by atoms with Crippen molar-refractivity contribution in [3.8, 4) is 5.88 Å². The van der Waals surface area contributed by atoms with Crippen LogP contribution < -0.4 is 11.3 Å². The smallest absolute Gasteiger partial charge is 0.234 e. The predicted octanol–water partition coefficient (Wildman–Crippen LogP) is 1.51. The number of benzene rings is 1. The number of hydrogen-bond acceptors (Lipinski definition) is 5. The lowest BCUT2D eigenvalue weighted by molar-refractivity contribution is -0.174. The van der Waals surface area contributed by atoms with Crippen molar-refractivity contribution in [1.82, 2.24) is 9.99 Å². The molecule has 1 saturated heterocycles. The summed E-state index contributed by atoms with van der Waals surface area (Å²) in [6.07, 6.45) is 2.31. The lowest BCUT2D eigenvalue weighted by atomic mass is 10.1. The number of carbonyl (C=O) groups excluding carboxylic acids is 1. The minimum Gasteiger partial charge on any atom is -0.494 e. The number of hydrazine groups is 1. The molecule has 23 heavy (non-hydrogen) atoms. The van der Waals surface area contributed by atoms with Crippen LogP contribution in [0.2, 0.25) is 5.02 Å². The molecular formula is C15H18ClN3O4. The molecule has 0 aliphatic carbocycles. The highest BCUT2D eigenvalue weighted by Crippen LogP contribution is 2.34. The van der Waals surface area contributed by atoms with E-state index in [2.05, 4.69) is 5.43 Å². The number of aromatic nitrogens is 1. The van der Waals surface area contributed by atoms with E-state index in [1.54, 1.807) is 22.9 Å². The first-order valence-electron chi connectivity index (χ1n) is 7.28. The molecule has 0 radical (unpaired) electrons. The maximum atomic E-state index is 11.4. The number of carbonyl (C=O) groups is 1. The van der Waals surface area contributed by atoms with Crippen LogP contribution in [-0.4, -0.2) is 34.6 Å². The molecule has 0 unspecified atom stereocenters. The fraction of sp³-hybridized carbons (Fsp3) is 0.400. The summed E-state index contributed by atoms with van der Waals surface area (Å²) in [5, 5.41) is 12.5. The van der Waals surface area contributed by atoms with Crippen LogP contribution in [0.25, 0.3) is 10.8 Å². The van der Waals surface area contributed by atoms with Gasteiger partial charge in [-0.05, 0) is 12.1 Å². The first kappa shape index (κ1) is 16.1. The zero-order valence-electron chi connectivity index (χ0n) is 12.4. The first-order chi connectivity index (χ1) is 11.0. The molecular weight excluding hydrogens is 322 g/mol. The van der Waals surface area contributed by atoms with Crippen molar-refractivity contribution in [2.24, 2.45) is 5.84 Å². The average Bonchev–Trinajstić information content (AvgIpc) is 3.12. The third-order valence-electron chi connectivity index (χ3n) is 3.94. The van der Waals surface area contributed by atoms with Crippen molar-refractivity contribution in [1.29, 1.82) is 0 Å². The Kier molecular flexibility index (Phi) is 4.45. The molecule has 0 spiro atoms. The minimum absolute atomic E-state index is 0.0873. The van der Waals surface area contributed by atoms with Crippen LogP contribution in [0.3, 0.4) is 0 Å². The molecule has 1 aliphatic heterocycles. The standard InChI is InChI=1S/C15H18ClN3O4/c16-11-2-1-10-8-19(14(21)12(10)7-11)9-15(22-5-6-23-15)4-3-13(20)18-17/h1-2,7-8,21H,3-6,9,17H2,(H,18,20). The number of ether oxygens (including phenoxy) is 2. The molecule has 2 heterocycles. The number of amides is 1. The second-order valence-electron chi connectivity index (χ2n) is 5.49. The van der Waals surface area contributed by atoms with Gasteiger partial charge in [0.2, 0.25) is 5.91 Å². The Morgan fingerprint density at radius 2 is 2.17 bits per heavy atom. The number of nitrogens with zero attached hydrogens (tertiary/aromatic N) is 1. The van der Waals surface area contributed by atoms with Gasteiger partial charge in [-0.25, -0.2) is 5.84 Å². The van der Waals surface area contributed by atoms with Crippen LogP contribution in [0.15, 0.2) is 24.4 Å². The Bertz CT molecular complexity index is 725. The summed E-state index contributed by atoms with van der Waals surface area (Å²) in [6, 6.07) is 5.30. The molecule has 0 bridgehead atoms. The molecule has 4 N–H and O–H groups in total. The summed E-state index contributed by atoms with van der Waals surface area (Å²) in [6.45, 7) is 1.15. The molecule has 0 atom stereocenters. The highest BCUT2D eigenvalue weighted by molar-refractivity contribution is 6.31. The number of rotatable bonds is 5. The summed E-state index contributed by atoms with van der Waals surface area (Å²) >= 11 is 5.97. The van der Waals surface area contributed by atoms with Gasteiger partial charge in [-0.1, -0.05) is 17.7 Å². The van der Waals surface area contributed by atoms with E-state index >= 15 is 0 Å². The van der Waals surface area contributed by atoms with Crippen molar-refractivity contribution < 1.29 is 19.4 Å². The number of hydrogen-bond donors (Lipinski definition) is 3. The summed E-state index contributed by atoms with van der Waals surface area (Å²) in [7, 11) is 0. The van der Waals surface area contributed by atoms with Gasteiger partial charge in [0.1, 0.15) is 0 Å². The van der Waals surface area contributed by atoms with Crippen LogP contribution in [0.4, 0.5) is 0 Å². The maximum Gasteiger partial charge on any atom is 0.234 e. The molecule has 124 valence electrons. The SMILES string of the molecule is NNC(=O)CCC1(Cn2cc3ccc(Cl)cc3c2O)OCCO1. The predicted molar refractivity (Wildman–Crippen MR) is 84.8 cm³/mol. The molecule has 1 aromatic carbocycles. The Morgan fingerprint density at radius 3 is 2.87 bits per heavy atom. The number of fused-ring (bicyclic) bond motifs is 1. The van der Waals surface area contributed by atoms with E-state index in [4.69, 9.17) is 26.9 Å². The number of nitrogens with two attached hydrogens (primary N) is 1. The monoisotopic (exact) mass is 339 g/mol. The van der Waals surface area contributed by atoms with E-state index in [9.17, 15) is 9.90 Å². The third kappa shape index (κ3) is 3.28. The van der Waals surface area contributed by atoms with Crippen LogP contribution in [0.1, 0.15) is 12.8 Å². The second kappa shape index (κ2) is 6.37. The maximum absolute atomic E-state index is 11.4. The van der Waals surface area contributed by atoms with Crippen molar-refractivity contribution in [3.05, 3.63) is 29.4 Å². The zero-order chi connectivity index (χ0) is 16.4. The van der Waals surface area contributed by atoms with E-state index < -0.39 is 5.79 Å². The average molecular weight is 340 g/mol. The zero-order valence-corrected chi connectivity index (χ0v) is 13.2. The third-order valence-corrected chi connectivity index (χ3v) is 4.18. The summed E-state index contributed by atoms with van der Waals surface area (Å²) in [5.74, 6) is 3.94. The Hall–Kier alpha value is -1.80. The van der Waals surface area contributed by atoms with Gasteiger partial charge in [-0.15, -0.1) is 0 Å². The largest absolute Gasteiger partial charge is 0.494 e. The van der Waals surface area contributed by atoms with Gasteiger partial charge in [-0.3, -0.25) is 10.2 Å². The van der Waals surface area contributed by atoms with E-state index in [1.807, 2.05) is 6.07 Å². The molecule has 2 aromatic rings. The van der Waals surface area contributed by atoms with E-state index in [-0.39, 0.29) is 24.8 Å². The quantitative estimate of drug-likeness (QED) is 0.436. The molecule has 1 aromatic heterocycles. The highest BCUT2D eigenvalue weighted by Gasteiger charge is 2.38. The topological polar surface area (TPSA) is 98.7 Å². The van der Waals surface area contributed by atoms with Crippen molar-refractivity contribution in [3.63, 3.8) is 0 Å². The van der Waals surface area contributed by atoms with E-state index in [0.717, 1.165) is 5.39 Å². The molecule has 7 nitrogen and oxygen atoms in total. The van der Waals surface area contributed by atoms with Crippen molar-refractivity contribution >= 4 is 28.3 Å². The van der Waals surface area contributed by atoms with Gasteiger partial charge >= 0.3 is 0 Å². The lowest BCUT2D eigenvalue weighted by Crippen LogP contribution is -2.38. The Morgan fingerprint density at radius 1 is 1.43 bits per heavy atom. The first-order valence-corrected chi connectivity index (χ1v) is 7.65. The normalized spacial score (nSPS) is 16.8. The summed E-state index contributed by atoms with van der Waals surface area (Å²) < 4.78 is 13.1. The molecule has 0 saturated carbocycles. The van der Waals surface area contributed by atoms with Gasteiger partial charge in [0.25, 0.3) is 0 Å². The summed E-state index contributed by atoms with van der Waals surface area (Å²) in [5.41, 5.74) is 2.09. The van der Waals surface area contributed by atoms with Crippen LogP contribution >= 0.6 is 11.6 Å². The van der Waals surface area contributed by atoms with Gasteiger partial charge in [0, 0.05) is 34.8 Å². The van der Waals surface area contributed by atoms with Crippen molar-refractivity contribution in [2.75, 3.05) is 13.2 Å².